The molecule has 10 heteroatoms. The van der Waals surface area contributed by atoms with E-state index in [0.717, 1.165) is 4.31 Å². The maximum Gasteiger partial charge on any atom is 0.245 e. The Bertz CT molecular complexity index is 1240. The molecule has 0 unspecified atom stereocenters. The Labute approximate surface area is 202 Å². The number of nitrogens with zero attached hydrogens (tertiary/aromatic N) is 1. The van der Waals surface area contributed by atoms with E-state index < -0.39 is 22.5 Å². The van der Waals surface area contributed by atoms with E-state index >= 15 is 0 Å². The maximum atomic E-state index is 13.4. The molecule has 3 aromatic carbocycles. The topological polar surface area (TPSA) is 84.9 Å². The zero-order valence-electron chi connectivity index (χ0n) is 17.9. The highest BCUT2D eigenvalue weighted by atomic mass is 35.5. The van der Waals surface area contributed by atoms with E-state index in [4.69, 9.17) is 32.7 Å². The number of amides is 1. The van der Waals surface area contributed by atoms with Crippen LogP contribution in [-0.2, 0) is 21.4 Å². The van der Waals surface area contributed by atoms with Crippen molar-refractivity contribution in [2.24, 2.45) is 0 Å². The summed E-state index contributed by atoms with van der Waals surface area (Å²) in [5, 5.41) is 2.92. The highest BCUT2D eigenvalue weighted by Crippen LogP contribution is 2.31. The summed E-state index contributed by atoms with van der Waals surface area (Å²) in [6, 6.07) is 18.0. The summed E-state index contributed by atoms with van der Waals surface area (Å²) in [4.78, 5) is 12.7. The van der Waals surface area contributed by atoms with Gasteiger partial charge in [0.1, 0.15) is 4.90 Å². The van der Waals surface area contributed by atoms with Crippen molar-refractivity contribution >= 4 is 44.8 Å². The van der Waals surface area contributed by atoms with Crippen molar-refractivity contribution in [2.75, 3.05) is 26.1 Å². The first-order valence-corrected chi connectivity index (χ1v) is 11.9. The van der Waals surface area contributed by atoms with Crippen LogP contribution in [0.5, 0.6) is 11.5 Å². The predicted molar refractivity (Wildman–Crippen MR) is 129 cm³/mol. The molecule has 3 rings (SSSR count). The first-order valence-electron chi connectivity index (χ1n) is 9.75. The molecule has 0 saturated heterocycles. The summed E-state index contributed by atoms with van der Waals surface area (Å²) >= 11 is 12.2. The molecular formula is C23H22Cl2N2O5S. The highest BCUT2D eigenvalue weighted by Gasteiger charge is 2.29. The van der Waals surface area contributed by atoms with Crippen LogP contribution in [0.25, 0.3) is 0 Å². The largest absolute Gasteiger partial charge is 0.493 e. The average Bonchev–Trinajstić information content (AvgIpc) is 2.80. The van der Waals surface area contributed by atoms with Gasteiger partial charge in [0.2, 0.25) is 15.9 Å². The lowest BCUT2D eigenvalue weighted by molar-refractivity contribution is -0.116. The number of ether oxygens (including phenoxy) is 2. The monoisotopic (exact) mass is 508 g/mol. The van der Waals surface area contributed by atoms with Crippen LogP contribution in [0.4, 0.5) is 5.69 Å². The van der Waals surface area contributed by atoms with E-state index in [9.17, 15) is 13.2 Å². The minimum atomic E-state index is -4.15. The van der Waals surface area contributed by atoms with Crippen molar-refractivity contribution in [1.29, 1.82) is 0 Å². The van der Waals surface area contributed by atoms with Gasteiger partial charge in [0.15, 0.2) is 11.5 Å². The number of sulfonamides is 1. The molecule has 0 spiro atoms. The van der Waals surface area contributed by atoms with Crippen molar-refractivity contribution in [3.8, 4) is 11.5 Å². The summed E-state index contributed by atoms with van der Waals surface area (Å²) in [7, 11) is -1.17. The van der Waals surface area contributed by atoms with Crippen molar-refractivity contribution in [1.82, 2.24) is 4.31 Å². The smallest absolute Gasteiger partial charge is 0.245 e. The van der Waals surface area contributed by atoms with Crippen LogP contribution in [0.3, 0.4) is 0 Å². The minimum absolute atomic E-state index is 0.0118. The molecule has 1 amide bonds. The number of hydrogen-bond acceptors (Lipinski definition) is 5. The molecule has 0 saturated carbocycles. The molecule has 0 aliphatic heterocycles. The van der Waals surface area contributed by atoms with Crippen molar-refractivity contribution < 1.29 is 22.7 Å². The summed E-state index contributed by atoms with van der Waals surface area (Å²) in [5.41, 5.74) is 1.13. The third kappa shape index (κ3) is 6.17. The Hall–Kier alpha value is -2.78. The van der Waals surface area contributed by atoms with Crippen LogP contribution in [0.2, 0.25) is 10.0 Å². The van der Waals surface area contributed by atoms with Gasteiger partial charge >= 0.3 is 0 Å². The summed E-state index contributed by atoms with van der Waals surface area (Å²) in [6.45, 7) is -0.486. The Balaban J connectivity index is 1.90. The van der Waals surface area contributed by atoms with Crippen LogP contribution >= 0.6 is 23.2 Å². The van der Waals surface area contributed by atoms with Gasteiger partial charge in [-0.1, -0.05) is 53.5 Å². The van der Waals surface area contributed by atoms with Gasteiger partial charge in [-0.3, -0.25) is 4.79 Å². The number of methoxy groups -OCH3 is 2. The Kier molecular flexibility index (Phi) is 8.20. The third-order valence-corrected chi connectivity index (χ3v) is 7.21. The third-order valence-electron chi connectivity index (χ3n) is 4.70. The fourth-order valence-electron chi connectivity index (χ4n) is 3.10. The van der Waals surface area contributed by atoms with E-state index in [1.54, 1.807) is 42.5 Å². The van der Waals surface area contributed by atoms with Crippen LogP contribution < -0.4 is 14.8 Å². The molecule has 0 fully saturated rings. The molecule has 1 N–H and O–H groups in total. The number of carbonyl (C=O) groups excluding carboxylic acids is 1. The van der Waals surface area contributed by atoms with Gasteiger partial charge in [-0.15, -0.1) is 0 Å². The van der Waals surface area contributed by atoms with E-state index in [1.807, 2.05) is 6.07 Å². The maximum absolute atomic E-state index is 13.4. The molecule has 0 atom stereocenters. The Morgan fingerprint density at radius 1 is 0.939 bits per heavy atom. The predicted octanol–water partition coefficient (Wildman–Crippen LogP) is 4.84. The lowest BCUT2D eigenvalue weighted by atomic mass is 10.2. The van der Waals surface area contributed by atoms with Gasteiger partial charge < -0.3 is 14.8 Å². The van der Waals surface area contributed by atoms with Crippen LogP contribution in [-0.4, -0.2) is 39.4 Å². The van der Waals surface area contributed by atoms with E-state index in [2.05, 4.69) is 5.32 Å². The Morgan fingerprint density at radius 3 is 2.30 bits per heavy atom. The number of nitrogens with one attached hydrogen (secondary N) is 1. The molecular weight excluding hydrogens is 487 g/mol. The molecule has 0 aliphatic rings. The fourth-order valence-corrected chi connectivity index (χ4v) is 5.22. The SMILES string of the molecule is COc1ccc(NC(=O)CN(Cc2ccccc2)S(=O)(=O)c2cc(Cl)ccc2Cl)cc1OC. The van der Waals surface area contributed by atoms with Gasteiger partial charge in [-0.2, -0.15) is 4.31 Å². The molecule has 3 aromatic rings. The number of benzene rings is 3. The van der Waals surface area contributed by atoms with Gasteiger partial charge in [0.25, 0.3) is 0 Å². The van der Waals surface area contributed by atoms with Gasteiger partial charge in [-0.05, 0) is 35.9 Å². The molecule has 0 heterocycles. The minimum Gasteiger partial charge on any atom is -0.493 e. The standard InChI is InChI=1S/C23H22Cl2N2O5S/c1-31-20-11-9-18(13-21(20)32-2)26-23(28)15-27(14-16-6-4-3-5-7-16)33(29,30)22-12-17(24)8-10-19(22)25/h3-13H,14-15H2,1-2H3,(H,26,28). The van der Waals surface area contributed by atoms with Crippen molar-refractivity contribution in [2.45, 2.75) is 11.4 Å². The summed E-state index contributed by atoms with van der Waals surface area (Å²) in [5.74, 6) is 0.383. The molecule has 0 radical (unpaired) electrons. The number of rotatable bonds is 9. The van der Waals surface area contributed by atoms with Crippen LogP contribution in [0, 0.1) is 0 Å². The molecule has 0 aromatic heterocycles. The van der Waals surface area contributed by atoms with Crippen LogP contribution in [0.1, 0.15) is 5.56 Å². The lowest BCUT2D eigenvalue weighted by Gasteiger charge is -2.23. The van der Waals surface area contributed by atoms with E-state index in [1.165, 1.54) is 32.4 Å². The quantitative estimate of drug-likeness (QED) is 0.446. The number of anilines is 1. The molecule has 33 heavy (non-hydrogen) atoms. The normalized spacial score (nSPS) is 11.3. The first kappa shape index (κ1) is 24.9. The van der Waals surface area contributed by atoms with Crippen molar-refractivity contribution in [3.63, 3.8) is 0 Å². The van der Waals surface area contributed by atoms with Crippen LogP contribution in [0.15, 0.2) is 71.6 Å². The fraction of sp³-hybridized carbons (Fsp3) is 0.174. The van der Waals surface area contributed by atoms with E-state index in [0.29, 0.717) is 22.7 Å². The molecule has 7 nitrogen and oxygen atoms in total. The zero-order chi connectivity index (χ0) is 24.0. The first-order chi connectivity index (χ1) is 15.7. The second kappa shape index (κ2) is 10.9. The van der Waals surface area contributed by atoms with Gasteiger partial charge in [-0.25, -0.2) is 8.42 Å². The average molecular weight is 509 g/mol. The van der Waals surface area contributed by atoms with E-state index in [-0.39, 0.29) is 21.5 Å². The van der Waals surface area contributed by atoms with Gasteiger partial charge in [0, 0.05) is 23.3 Å². The highest BCUT2D eigenvalue weighted by molar-refractivity contribution is 7.89. The second-order valence-electron chi connectivity index (χ2n) is 6.95. The zero-order valence-corrected chi connectivity index (χ0v) is 20.2. The summed E-state index contributed by atoms with van der Waals surface area (Å²) in [6.07, 6.45) is 0. The van der Waals surface area contributed by atoms with Crippen molar-refractivity contribution in [3.05, 3.63) is 82.3 Å². The number of carbonyl (C=O) groups is 1. The molecule has 0 aliphatic carbocycles. The molecule has 174 valence electrons. The molecule has 0 bridgehead atoms. The number of halogens is 2. The summed E-state index contributed by atoms with van der Waals surface area (Å²) < 4.78 is 38.4. The number of hydrogen-bond donors (Lipinski definition) is 1. The second-order valence-corrected chi connectivity index (χ2v) is 9.70. The Morgan fingerprint density at radius 2 is 1.64 bits per heavy atom. The lowest BCUT2D eigenvalue weighted by Crippen LogP contribution is -2.37. The van der Waals surface area contributed by atoms with Gasteiger partial charge in [0.05, 0.1) is 25.8 Å².